The Morgan fingerprint density at radius 3 is 2.58 bits per heavy atom. The number of hydrogen-bond acceptors (Lipinski definition) is 5. The van der Waals surface area contributed by atoms with Gasteiger partial charge in [-0.1, -0.05) is 12.1 Å². The minimum Gasteiger partial charge on any atom is -0.420 e. The normalized spacial score (nSPS) is 16.1. The van der Waals surface area contributed by atoms with Crippen LogP contribution >= 0.6 is 0 Å². The number of likely N-dealkylation sites (tertiary alicyclic amines) is 1. The first-order chi connectivity index (χ1) is 12.7. The Balaban J connectivity index is 1.38. The van der Waals surface area contributed by atoms with Gasteiger partial charge in [-0.2, -0.15) is 0 Å². The fourth-order valence-electron chi connectivity index (χ4n) is 3.26. The van der Waals surface area contributed by atoms with Crippen molar-refractivity contribution in [1.29, 1.82) is 0 Å². The van der Waals surface area contributed by atoms with Crippen LogP contribution in [0.15, 0.2) is 47.1 Å². The third kappa shape index (κ3) is 3.48. The van der Waals surface area contributed by atoms with Crippen molar-refractivity contribution in [3.8, 4) is 11.5 Å². The summed E-state index contributed by atoms with van der Waals surface area (Å²) in [5.74, 6) is -0.243. The molecule has 3 heterocycles. The molecule has 0 amide bonds. The molecular formula is C19H18F2N4O. The summed E-state index contributed by atoms with van der Waals surface area (Å²) in [6.07, 6.45) is 5.05. The van der Waals surface area contributed by atoms with E-state index in [0.717, 1.165) is 37.6 Å². The quantitative estimate of drug-likeness (QED) is 0.712. The predicted molar refractivity (Wildman–Crippen MR) is 91.1 cm³/mol. The van der Waals surface area contributed by atoms with E-state index in [4.69, 9.17) is 4.42 Å². The molecule has 0 atom stereocenters. The van der Waals surface area contributed by atoms with Crippen LogP contribution in [0, 0.1) is 11.6 Å². The minimum atomic E-state index is -0.799. The second-order valence-electron chi connectivity index (χ2n) is 6.44. The van der Waals surface area contributed by atoms with Crippen LogP contribution in [0.25, 0.3) is 11.5 Å². The third-order valence-electron chi connectivity index (χ3n) is 4.73. The van der Waals surface area contributed by atoms with Crippen LogP contribution in [0.5, 0.6) is 0 Å². The van der Waals surface area contributed by atoms with Gasteiger partial charge in [-0.25, -0.2) is 8.78 Å². The SMILES string of the molecule is Fc1cccc(CN2CCC(c3nnc(-c4ccncc4)o3)CC2)c1F. The molecule has 0 spiro atoms. The molecule has 1 aromatic carbocycles. The molecule has 1 aliphatic heterocycles. The highest BCUT2D eigenvalue weighted by Gasteiger charge is 2.26. The Morgan fingerprint density at radius 1 is 1.04 bits per heavy atom. The Kier molecular flexibility index (Phi) is 4.71. The van der Waals surface area contributed by atoms with Gasteiger partial charge in [0.2, 0.25) is 11.8 Å². The molecule has 4 rings (SSSR count). The van der Waals surface area contributed by atoms with Crippen LogP contribution in [-0.2, 0) is 6.54 Å². The van der Waals surface area contributed by atoms with Crippen molar-refractivity contribution < 1.29 is 13.2 Å². The van der Waals surface area contributed by atoms with Crippen molar-refractivity contribution in [3.05, 3.63) is 65.8 Å². The van der Waals surface area contributed by atoms with Gasteiger partial charge in [0.25, 0.3) is 0 Å². The molecule has 0 saturated carbocycles. The Bertz CT molecular complexity index is 876. The Hall–Kier alpha value is -2.67. The topological polar surface area (TPSA) is 55.1 Å². The summed E-state index contributed by atoms with van der Waals surface area (Å²) in [6, 6.07) is 7.96. The smallest absolute Gasteiger partial charge is 0.247 e. The molecule has 1 fully saturated rings. The van der Waals surface area contributed by atoms with Crippen molar-refractivity contribution in [3.63, 3.8) is 0 Å². The van der Waals surface area contributed by atoms with E-state index in [1.54, 1.807) is 24.5 Å². The summed E-state index contributed by atoms with van der Waals surface area (Å²) in [5, 5.41) is 8.31. The number of aromatic nitrogens is 3. The molecule has 1 saturated heterocycles. The zero-order valence-electron chi connectivity index (χ0n) is 14.1. The first-order valence-corrected chi connectivity index (χ1v) is 8.60. The number of benzene rings is 1. The molecule has 26 heavy (non-hydrogen) atoms. The molecule has 0 N–H and O–H groups in total. The van der Waals surface area contributed by atoms with Gasteiger partial charge in [-0.3, -0.25) is 9.88 Å². The van der Waals surface area contributed by atoms with Crippen LogP contribution in [0.2, 0.25) is 0 Å². The highest BCUT2D eigenvalue weighted by atomic mass is 19.2. The highest BCUT2D eigenvalue weighted by Crippen LogP contribution is 2.30. The van der Waals surface area contributed by atoms with Crippen molar-refractivity contribution >= 4 is 0 Å². The Morgan fingerprint density at radius 2 is 1.81 bits per heavy atom. The third-order valence-corrected chi connectivity index (χ3v) is 4.73. The summed E-state index contributed by atoms with van der Waals surface area (Å²) in [5.41, 5.74) is 1.24. The van der Waals surface area contributed by atoms with Crippen molar-refractivity contribution in [2.45, 2.75) is 25.3 Å². The number of halogens is 2. The van der Waals surface area contributed by atoms with Gasteiger partial charge >= 0.3 is 0 Å². The summed E-state index contributed by atoms with van der Waals surface area (Å²) in [6.45, 7) is 1.95. The lowest BCUT2D eigenvalue weighted by molar-refractivity contribution is 0.190. The molecule has 3 aromatic rings. The van der Waals surface area contributed by atoms with Crippen LogP contribution in [-0.4, -0.2) is 33.2 Å². The molecule has 0 radical (unpaired) electrons. The average Bonchev–Trinajstić information content (AvgIpc) is 3.17. The second kappa shape index (κ2) is 7.29. The monoisotopic (exact) mass is 356 g/mol. The zero-order valence-corrected chi connectivity index (χ0v) is 14.1. The average molecular weight is 356 g/mol. The van der Waals surface area contributed by atoms with E-state index in [-0.39, 0.29) is 5.92 Å². The van der Waals surface area contributed by atoms with Gasteiger partial charge in [-0.05, 0) is 44.1 Å². The van der Waals surface area contributed by atoms with Gasteiger partial charge in [0.1, 0.15) is 0 Å². The second-order valence-corrected chi connectivity index (χ2v) is 6.44. The Labute approximate surface area is 149 Å². The standard InChI is InChI=1S/C19H18F2N4O/c20-16-3-1-2-15(17(16)21)12-25-10-6-14(7-11-25)19-24-23-18(26-19)13-4-8-22-9-5-13/h1-5,8-9,14H,6-7,10-12H2. The minimum absolute atomic E-state index is 0.187. The molecule has 0 unspecified atom stereocenters. The maximum atomic E-state index is 13.8. The summed E-state index contributed by atoms with van der Waals surface area (Å²) in [4.78, 5) is 6.10. The molecule has 1 aliphatic rings. The zero-order chi connectivity index (χ0) is 17.9. The summed E-state index contributed by atoms with van der Waals surface area (Å²) in [7, 11) is 0. The van der Waals surface area contributed by atoms with E-state index in [9.17, 15) is 8.78 Å². The van der Waals surface area contributed by atoms with Gasteiger partial charge < -0.3 is 4.42 Å². The van der Waals surface area contributed by atoms with Crippen LogP contribution in [0.1, 0.15) is 30.2 Å². The fourth-order valence-corrected chi connectivity index (χ4v) is 3.26. The first kappa shape index (κ1) is 16.8. The number of piperidine rings is 1. The van der Waals surface area contributed by atoms with Gasteiger partial charge in [-0.15, -0.1) is 10.2 Å². The van der Waals surface area contributed by atoms with E-state index in [1.165, 1.54) is 0 Å². The molecular weight excluding hydrogens is 338 g/mol. The lowest BCUT2D eigenvalue weighted by Crippen LogP contribution is -2.32. The summed E-state index contributed by atoms with van der Waals surface area (Å²) < 4.78 is 33.0. The van der Waals surface area contributed by atoms with Crippen molar-refractivity contribution in [2.75, 3.05) is 13.1 Å². The molecule has 0 aliphatic carbocycles. The lowest BCUT2D eigenvalue weighted by Gasteiger charge is -2.30. The number of hydrogen-bond donors (Lipinski definition) is 0. The van der Waals surface area contributed by atoms with Crippen molar-refractivity contribution in [1.82, 2.24) is 20.1 Å². The van der Waals surface area contributed by atoms with E-state index in [0.29, 0.717) is 23.9 Å². The molecule has 5 nitrogen and oxygen atoms in total. The molecule has 2 aromatic heterocycles. The summed E-state index contributed by atoms with van der Waals surface area (Å²) >= 11 is 0. The number of nitrogens with zero attached hydrogens (tertiary/aromatic N) is 4. The van der Waals surface area contributed by atoms with E-state index in [1.807, 2.05) is 12.1 Å². The first-order valence-electron chi connectivity index (χ1n) is 8.60. The maximum absolute atomic E-state index is 13.8. The fraction of sp³-hybridized carbons (Fsp3) is 0.316. The van der Waals surface area contributed by atoms with E-state index in [2.05, 4.69) is 20.1 Å². The highest BCUT2D eigenvalue weighted by molar-refractivity contribution is 5.50. The molecule has 7 heteroatoms. The predicted octanol–water partition coefficient (Wildman–Crippen LogP) is 3.79. The maximum Gasteiger partial charge on any atom is 0.247 e. The van der Waals surface area contributed by atoms with Gasteiger partial charge in [0.05, 0.1) is 0 Å². The number of rotatable bonds is 4. The van der Waals surface area contributed by atoms with Crippen LogP contribution in [0.4, 0.5) is 8.78 Å². The molecule has 134 valence electrons. The van der Waals surface area contributed by atoms with E-state index < -0.39 is 11.6 Å². The largest absolute Gasteiger partial charge is 0.420 e. The van der Waals surface area contributed by atoms with Crippen LogP contribution < -0.4 is 0 Å². The van der Waals surface area contributed by atoms with Crippen LogP contribution in [0.3, 0.4) is 0 Å². The van der Waals surface area contributed by atoms with Crippen molar-refractivity contribution in [2.24, 2.45) is 0 Å². The molecule has 0 bridgehead atoms. The number of pyridine rings is 1. The van der Waals surface area contributed by atoms with E-state index >= 15 is 0 Å². The van der Waals surface area contributed by atoms with Gasteiger partial charge in [0.15, 0.2) is 11.6 Å². The lowest BCUT2D eigenvalue weighted by atomic mass is 9.96. The van der Waals surface area contributed by atoms with Gasteiger partial charge in [0, 0.05) is 36.0 Å².